The Bertz CT molecular complexity index is 965. The van der Waals surface area contributed by atoms with Crippen molar-refractivity contribution < 1.29 is 14.6 Å². The lowest BCUT2D eigenvalue weighted by molar-refractivity contribution is -0.157. The zero-order valence-corrected chi connectivity index (χ0v) is 21.9. The van der Waals surface area contributed by atoms with E-state index in [0.717, 1.165) is 51.4 Å². The quantitative estimate of drug-likeness (QED) is 0.374. The summed E-state index contributed by atoms with van der Waals surface area (Å²) in [4.78, 5) is 13.8. The molecule has 4 aliphatic carbocycles. The van der Waals surface area contributed by atoms with Crippen molar-refractivity contribution in [3.05, 3.63) is 34.9 Å². The van der Waals surface area contributed by atoms with E-state index < -0.39 is 5.41 Å². The second kappa shape index (κ2) is 7.09. The molecule has 1 aliphatic heterocycles. The molecule has 5 aliphatic rings. The number of aliphatic hydroxyl groups excluding tert-OH is 1. The topological polar surface area (TPSA) is 46.5 Å². The lowest BCUT2D eigenvalue weighted by atomic mass is 9.44. The summed E-state index contributed by atoms with van der Waals surface area (Å²) in [5.41, 5.74) is 3.28. The minimum Gasteiger partial charge on any atom is -0.459 e. The molecule has 3 heteroatoms. The highest BCUT2D eigenvalue weighted by Crippen LogP contribution is 2.74. The second-order valence-corrected chi connectivity index (χ2v) is 13.4. The van der Waals surface area contributed by atoms with Gasteiger partial charge in [0.15, 0.2) is 0 Å². The highest BCUT2D eigenvalue weighted by atomic mass is 16.6. The molecule has 0 amide bonds. The molecular weight excluding hydrogens is 408 g/mol. The first-order valence-corrected chi connectivity index (χ1v) is 13.3. The van der Waals surface area contributed by atoms with E-state index in [0.29, 0.717) is 5.92 Å². The number of carbonyl (C=O) groups excluding carboxylic acids is 1. The summed E-state index contributed by atoms with van der Waals surface area (Å²) in [6.45, 7) is 15.8. The smallest absolute Gasteiger partial charge is 0.314 e. The van der Waals surface area contributed by atoms with Crippen molar-refractivity contribution >= 4 is 5.97 Å². The minimum atomic E-state index is -0.422. The van der Waals surface area contributed by atoms with Crippen LogP contribution in [0.4, 0.5) is 0 Å². The SMILES string of the molecule is CC(C)=CCC[C@]1(C)OC(=O)[C@]23CC=C4C(=CC[C@H]5C(C)(C)[C@@H](O)CC[C@]45C)[C@]2(C)CC[C@@H]31. The number of hydrogen-bond acceptors (Lipinski definition) is 3. The van der Waals surface area contributed by atoms with E-state index in [-0.39, 0.29) is 39.8 Å². The number of hydrogen-bond donors (Lipinski definition) is 1. The Balaban J connectivity index is 1.55. The maximum Gasteiger partial charge on any atom is 0.314 e. The van der Waals surface area contributed by atoms with Crippen LogP contribution in [-0.4, -0.2) is 22.8 Å². The van der Waals surface area contributed by atoms with Crippen molar-refractivity contribution in [2.45, 2.75) is 112 Å². The van der Waals surface area contributed by atoms with Gasteiger partial charge in [0, 0.05) is 11.3 Å². The molecule has 7 atom stereocenters. The normalized spacial score (nSPS) is 47.4. The fraction of sp³-hybridized carbons (Fsp3) is 0.767. The van der Waals surface area contributed by atoms with Gasteiger partial charge in [-0.1, -0.05) is 51.5 Å². The molecule has 1 heterocycles. The van der Waals surface area contributed by atoms with Gasteiger partial charge in [0.05, 0.1) is 11.5 Å². The molecule has 1 spiro atoms. The number of rotatable bonds is 3. The lowest BCUT2D eigenvalue weighted by Crippen LogP contribution is -2.55. The Kier molecular flexibility index (Phi) is 5.03. The number of fused-ring (bicyclic) bond motifs is 4. The van der Waals surface area contributed by atoms with Crippen LogP contribution in [0.5, 0.6) is 0 Å². The van der Waals surface area contributed by atoms with Gasteiger partial charge in [0.2, 0.25) is 0 Å². The molecular formula is C30H44O3. The van der Waals surface area contributed by atoms with Gasteiger partial charge >= 0.3 is 5.97 Å². The number of esters is 1. The molecule has 0 bridgehead atoms. The van der Waals surface area contributed by atoms with Gasteiger partial charge in [0.1, 0.15) is 5.60 Å². The molecule has 0 aromatic carbocycles. The van der Waals surface area contributed by atoms with E-state index in [2.05, 4.69) is 66.7 Å². The van der Waals surface area contributed by atoms with Crippen LogP contribution in [0.1, 0.15) is 99.8 Å². The van der Waals surface area contributed by atoms with Gasteiger partial charge in [0.25, 0.3) is 0 Å². The summed E-state index contributed by atoms with van der Waals surface area (Å²) in [5, 5.41) is 10.8. The van der Waals surface area contributed by atoms with Crippen LogP contribution in [0.15, 0.2) is 34.9 Å². The Labute approximate surface area is 200 Å². The zero-order valence-electron chi connectivity index (χ0n) is 21.9. The molecule has 2 saturated carbocycles. The third-order valence-electron chi connectivity index (χ3n) is 11.3. The average Bonchev–Trinajstić information content (AvgIpc) is 3.16. The minimum absolute atomic E-state index is 0.0510. The van der Waals surface area contributed by atoms with E-state index in [4.69, 9.17) is 4.74 Å². The number of allylic oxidation sites excluding steroid dienone is 6. The molecule has 3 fully saturated rings. The number of carbonyl (C=O) groups is 1. The van der Waals surface area contributed by atoms with Crippen molar-refractivity contribution in [1.82, 2.24) is 0 Å². The van der Waals surface area contributed by atoms with Gasteiger partial charge in [-0.15, -0.1) is 0 Å². The molecule has 0 unspecified atom stereocenters. The summed E-state index contributed by atoms with van der Waals surface area (Å²) in [6.07, 6.45) is 14.7. The molecule has 5 rings (SSSR count). The van der Waals surface area contributed by atoms with Crippen LogP contribution in [-0.2, 0) is 9.53 Å². The van der Waals surface area contributed by atoms with E-state index in [1.54, 1.807) is 0 Å². The van der Waals surface area contributed by atoms with Gasteiger partial charge in [-0.3, -0.25) is 4.79 Å². The largest absolute Gasteiger partial charge is 0.459 e. The molecule has 1 N–H and O–H groups in total. The van der Waals surface area contributed by atoms with Crippen LogP contribution in [0.3, 0.4) is 0 Å². The molecule has 33 heavy (non-hydrogen) atoms. The Morgan fingerprint density at radius 1 is 1.06 bits per heavy atom. The van der Waals surface area contributed by atoms with Crippen LogP contribution in [0.2, 0.25) is 0 Å². The number of ether oxygens (including phenoxy) is 1. The predicted molar refractivity (Wildman–Crippen MR) is 132 cm³/mol. The Hall–Kier alpha value is -1.35. The molecule has 0 radical (unpaired) electrons. The van der Waals surface area contributed by atoms with Crippen molar-refractivity contribution in [2.24, 2.45) is 33.5 Å². The highest BCUT2D eigenvalue weighted by molar-refractivity contribution is 5.84. The van der Waals surface area contributed by atoms with Crippen molar-refractivity contribution in [1.29, 1.82) is 0 Å². The molecule has 0 aromatic rings. The summed E-state index contributed by atoms with van der Waals surface area (Å²) in [5.74, 6) is 0.764. The van der Waals surface area contributed by atoms with E-state index in [1.165, 1.54) is 16.7 Å². The Morgan fingerprint density at radius 3 is 2.48 bits per heavy atom. The van der Waals surface area contributed by atoms with Crippen LogP contribution in [0, 0.1) is 33.5 Å². The fourth-order valence-electron chi connectivity index (χ4n) is 9.26. The second-order valence-electron chi connectivity index (χ2n) is 13.4. The van der Waals surface area contributed by atoms with Crippen molar-refractivity contribution in [3.63, 3.8) is 0 Å². The van der Waals surface area contributed by atoms with E-state index in [9.17, 15) is 9.90 Å². The molecule has 3 nitrogen and oxygen atoms in total. The maximum atomic E-state index is 13.8. The Morgan fingerprint density at radius 2 is 1.79 bits per heavy atom. The third kappa shape index (κ3) is 2.81. The number of aliphatic hydroxyl groups is 1. The fourth-order valence-corrected chi connectivity index (χ4v) is 9.26. The van der Waals surface area contributed by atoms with E-state index in [1.807, 2.05) is 0 Å². The number of cyclic esters (lactones) is 1. The molecule has 1 saturated heterocycles. The van der Waals surface area contributed by atoms with E-state index >= 15 is 0 Å². The predicted octanol–water partition coefficient (Wildman–Crippen LogP) is 6.91. The summed E-state index contributed by atoms with van der Waals surface area (Å²) in [6, 6.07) is 0. The summed E-state index contributed by atoms with van der Waals surface area (Å²) in [7, 11) is 0. The first kappa shape index (κ1) is 23.4. The van der Waals surface area contributed by atoms with Crippen molar-refractivity contribution in [2.75, 3.05) is 0 Å². The first-order valence-electron chi connectivity index (χ1n) is 13.3. The standard InChI is InChI=1S/C30H44O3/c1-19(2)9-8-15-29(7)23-13-17-28(6)21-10-11-22-26(3,4)24(31)14-16-27(22,5)20(21)12-18-30(23,28)25(32)33-29/h9-10,12,22-24,31H,8,11,13-18H2,1-7H3/t22-,23+,24-,27+,28-,29-,30+/m0/s1. The third-order valence-corrected chi connectivity index (χ3v) is 11.3. The maximum absolute atomic E-state index is 13.8. The van der Waals surface area contributed by atoms with Gasteiger partial charge in [-0.25, -0.2) is 0 Å². The lowest BCUT2D eigenvalue weighted by Gasteiger charge is -2.60. The molecule has 0 aromatic heterocycles. The van der Waals surface area contributed by atoms with Crippen LogP contribution in [0.25, 0.3) is 0 Å². The van der Waals surface area contributed by atoms with Crippen LogP contribution >= 0.6 is 0 Å². The highest BCUT2D eigenvalue weighted by Gasteiger charge is 2.74. The van der Waals surface area contributed by atoms with Gasteiger partial charge in [-0.05, 0) is 100 Å². The zero-order chi connectivity index (χ0) is 24.0. The average molecular weight is 453 g/mol. The summed E-state index contributed by atoms with van der Waals surface area (Å²) >= 11 is 0. The summed E-state index contributed by atoms with van der Waals surface area (Å²) < 4.78 is 6.32. The van der Waals surface area contributed by atoms with Gasteiger partial charge < -0.3 is 9.84 Å². The van der Waals surface area contributed by atoms with Gasteiger partial charge in [-0.2, -0.15) is 0 Å². The first-order chi connectivity index (χ1) is 15.3. The van der Waals surface area contributed by atoms with Crippen LogP contribution < -0.4 is 0 Å². The van der Waals surface area contributed by atoms with Crippen molar-refractivity contribution in [3.8, 4) is 0 Å². The molecule has 182 valence electrons. The monoisotopic (exact) mass is 452 g/mol.